The van der Waals surface area contributed by atoms with E-state index in [0.29, 0.717) is 18.7 Å². The molecular formula is C16H15IN2O2. The summed E-state index contributed by atoms with van der Waals surface area (Å²) in [6, 6.07) is 17.0. The summed E-state index contributed by atoms with van der Waals surface area (Å²) in [5.41, 5.74) is 1.73. The molecule has 0 spiro atoms. The van der Waals surface area contributed by atoms with Crippen molar-refractivity contribution in [1.82, 2.24) is 5.32 Å². The third kappa shape index (κ3) is 5.18. The molecule has 4 nitrogen and oxygen atoms in total. The van der Waals surface area contributed by atoms with Crippen LogP contribution in [0.25, 0.3) is 0 Å². The third-order valence-electron chi connectivity index (χ3n) is 2.85. The number of benzene rings is 2. The number of rotatable bonds is 4. The average Bonchev–Trinajstić information content (AvgIpc) is 2.50. The van der Waals surface area contributed by atoms with Gasteiger partial charge in [0.2, 0.25) is 0 Å². The molecule has 0 saturated heterocycles. The smallest absolute Gasteiger partial charge is 0.313 e. The van der Waals surface area contributed by atoms with E-state index in [1.54, 1.807) is 12.1 Å². The van der Waals surface area contributed by atoms with Gasteiger partial charge in [0.1, 0.15) is 0 Å². The lowest BCUT2D eigenvalue weighted by atomic mass is 10.1. The zero-order chi connectivity index (χ0) is 15.1. The summed E-state index contributed by atoms with van der Waals surface area (Å²) in [6.07, 6.45) is 0.698. The van der Waals surface area contributed by atoms with E-state index in [1.807, 2.05) is 42.5 Å². The number of carbonyl (C=O) groups excluding carboxylic acids is 2. The second-order valence-corrected chi connectivity index (χ2v) is 5.70. The second-order valence-electron chi connectivity index (χ2n) is 4.45. The topological polar surface area (TPSA) is 58.2 Å². The van der Waals surface area contributed by atoms with Crippen molar-refractivity contribution in [2.45, 2.75) is 6.42 Å². The average molecular weight is 394 g/mol. The van der Waals surface area contributed by atoms with E-state index in [1.165, 1.54) is 0 Å². The molecule has 0 saturated carbocycles. The van der Waals surface area contributed by atoms with Crippen molar-refractivity contribution in [2.75, 3.05) is 11.9 Å². The van der Waals surface area contributed by atoms with Crippen molar-refractivity contribution >= 4 is 40.1 Å². The summed E-state index contributed by atoms with van der Waals surface area (Å²) in [4.78, 5) is 23.4. The van der Waals surface area contributed by atoms with Gasteiger partial charge in [-0.05, 0) is 58.8 Å². The fraction of sp³-hybridized carbons (Fsp3) is 0.125. The fourth-order valence-electron chi connectivity index (χ4n) is 1.77. The molecule has 2 rings (SSSR count). The van der Waals surface area contributed by atoms with Crippen molar-refractivity contribution in [3.63, 3.8) is 0 Å². The molecular weight excluding hydrogens is 379 g/mol. The maximum Gasteiger partial charge on any atom is 0.313 e. The van der Waals surface area contributed by atoms with Crippen molar-refractivity contribution in [2.24, 2.45) is 0 Å². The van der Waals surface area contributed by atoms with Gasteiger partial charge in [-0.1, -0.05) is 30.3 Å². The van der Waals surface area contributed by atoms with Gasteiger partial charge < -0.3 is 10.6 Å². The Hall–Kier alpha value is -1.89. The van der Waals surface area contributed by atoms with E-state index >= 15 is 0 Å². The monoisotopic (exact) mass is 394 g/mol. The number of hydrogen-bond donors (Lipinski definition) is 2. The molecule has 0 heterocycles. The molecule has 0 atom stereocenters. The number of anilines is 1. The van der Waals surface area contributed by atoms with Crippen molar-refractivity contribution in [3.8, 4) is 0 Å². The van der Waals surface area contributed by atoms with E-state index in [4.69, 9.17) is 0 Å². The molecule has 5 heteroatoms. The van der Waals surface area contributed by atoms with Gasteiger partial charge in [0.05, 0.1) is 0 Å². The molecule has 0 unspecified atom stereocenters. The van der Waals surface area contributed by atoms with Crippen LogP contribution in [-0.2, 0) is 16.0 Å². The third-order valence-corrected chi connectivity index (χ3v) is 3.57. The van der Waals surface area contributed by atoms with Gasteiger partial charge >= 0.3 is 11.8 Å². The number of carbonyl (C=O) groups is 2. The van der Waals surface area contributed by atoms with Crippen molar-refractivity contribution < 1.29 is 9.59 Å². The fourth-order valence-corrected chi connectivity index (χ4v) is 2.13. The van der Waals surface area contributed by atoms with Crippen LogP contribution in [0.2, 0.25) is 0 Å². The highest BCUT2D eigenvalue weighted by atomic mass is 127. The molecule has 0 aliphatic rings. The van der Waals surface area contributed by atoms with Crippen LogP contribution in [0.3, 0.4) is 0 Å². The largest absolute Gasteiger partial charge is 0.347 e. The van der Waals surface area contributed by atoms with Gasteiger partial charge in [-0.2, -0.15) is 0 Å². The van der Waals surface area contributed by atoms with Gasteiger partial charge in [0.15, 0.2) is 0 Å². The number of halogens is 1. The molecule has 0 bridgehead atoms. The number of amides is 2. The van der Waals surface area contributed by atoms with Crippen LogP contribution in [0.5, 0.6) is 0 Å². The molecule has 108 valence electrons. The van der Waals surface area contributed by atoms with E-state index in [2.05, 4.69) is 33.2 Å². The first-order valence-corrected chi connectivity index (χ1v) is 7.62. The molecule has 2 aromatic carbocycles. The molecule has 0 aromatic heterocycles. The van der Waals surface area contributed by atoms with Gasteiger partial charge in [-0.25, -0.2) is 0 Å². The summed E-state index contributed by atoms with van der Waals surface area (Å²) < 4.78 is 1.07. The van der Waals surface area contributed by atoms with Crippen LogP contribution in [0, 0.1) is 3.57 Å². The van der Waals surface area contributed by atoms with Crippen molar-refractivity contribution in [3.05, 3.63) is 63.7 Å². The minimum absolute atomic E-state index is 0.433. The Morgan fingerprint density at radius 3 is 2.24 bits per heavy atom. The second kappa shape index (κ2) is 7.78. The maximum atomic E-state index is 11.7. The minimum atomic E-state index is -0.649. The first-order valence-electron chi connectivity index (χ1n) is 6.54. The summed E-state index contributed by atoms with van der Waals surface area (Å²) >= 11 is 2.18. The van der Waals surface area contributed by atoms with Crippen LogP contribution in [0.1, 0.15) is 5.56 Å². The lowest BCUT2D eigenvalue weighted by Crippen LogP contribution is -2.36. The molecule has 2 aromatic rings. The molecule has 0 aliphatic carbocycles. The minimum Gasteiger partial charge on any atom is -0.347 e. The van der Waals surface area contributed by atoms with E-state index in [-0.39, 0.29) is 0 Å². The molecule has 2 N–H and O–H groups in total. The Morgan fingerprint density at radius 1 is 0.905 bits per heavy atom. The van der Waals surface area contributed by atoms with Gasteiger partial charge in [0, 0.05) is 15.8 Å². The highest BCUT2D eigenvalue weighted by molar-refractivity contribution is 14.1. The summed E-state index contributed by atoms with van der Waals surface area (Å²) in [6.45, 7) is 0.433. The van der Waals surface area contributed by atoms with E-state index in [0.717, 1.165) is 9.13 Å². The van der Waals surface area contributed by atoms with Crippen LogP contribution >= 0.6 is 22.6 Å². The zero-order valence-electron chi connectivity index (χ0n) is 11.3. The van der Waals surface area contributed by atoms with Gasteiger partial charge in [-0.15, -0.1) is 0 Å². The molecule has 21 heavy (non-hydrogen) atoms. The Bertz CT molecular complexity index is 612. The summed E-state index contributed by atoms with van der Waals surface area (Å²) in [7, 11) is 0. The van der Waals surface area contributed by atoms with Gasteiger partial charge in [-0.3, -0.25) is 9.59 Å². The lowest BCUT2D eigenvalue weighted by molar-refractivity contribution is -0.136. The van der Waals surface area contributed by atoms with Crippen molar-refractivity contribution in [1.29, 1.82) is 0 Å². The maximum absolute atomic E-state index is 11.7. The van der Waals surface area contributed by atoms with Crippen LogP contribution in [0.4, 0.5) is 5.69 Å². The van der Waals surface area contributed by atoms with E-state index in [9.17, 15) is 9.59 Å². The highest BCUT2D eigenvalue weighted by Gasteiger charge is 2.12. The summed E-state index contributed by atoms with van der Waals surface area (Å²) in [5, 5.41) is 5.17. The first kappa shape index (κ1) is 15.5. The Labute approximate surface area is 137 Å². The van der Waals surface area contributed by atoms with Crippen LogP contribution in [0.15, 0.2) is 54.6 Å². The van der Waals surface area contributed by atoms with Crippen LogP contribution in [-0.4, -0.2) is 18.4 Å². The Morgan fingerprint density at radius 2 is 1.57 bits per heavy atom. The quantitative estimate of drug-likeness (QED) is 0.619. The lowest BCUT2D eigenvalue weighted by Gasteiger charge is -2.06. The summed E-state index contributed by atoms with van der Waals surface area (Å²) in [5.74, 6) is -1.27. The Kier molecular flexibility index (Phi) is 5.74. The van der Waals surface area contributed by atoms with E-state index < -0.39 is 11.8 Å². The number of nitrogens with one attached hydrogen (secondary N) is 2. The van der Waals surface area contributed by atoms with Crippen LogP contribution < -0.4 is 10.6 Å². The predicted octanol–water partition coefficient (Wildman–Crippen LogP) is 2.59. The highest BCUT2D eigenvalue weighted by Crippen LogP contribution is 2.10. The standard InChI is InChI=1S/C16H15IN2O2/c17-13-6-8-14(9-7-13)19-16(21)15(20)18-11-10-12-4-2-1-3-5-12/h1-9H,10-11H2,(H,18,20)(H,19,21). The molecule has 0 fully saturated rings. The number of hydrogen-bond acceptors (Lipinski definition) is 2. The molecule has 2 amide bonds. The predicted molar refractivity (Wildman–Crippen MR) is 90.9 cm³/mol. The molecule has 0 aliphatic heterocycles. The van der Waals surface area contributed by atoms with Gasteiger partial charge in [0.25, 0.3) is 0 Å². The normalized spacial score (nSPS) is 9.95. The first-order chi connectivity index (χ1) is 10.1. The Balaban J connectivity index is 1.77. The zero-order valence-corrected chi connectivity index (χ0v) is 13.5. The SMILES string of the molecule is O=C(NCCc1ccccc1)C(=O)Nc1ccc(I)cc1. The molecule has 0 radical (unpaired) electrons.